The van der Waals surface area contributed by atoms with Gasteiger partial charge in [-0.1, -0.05) is 24.3 Å². The number of hydrogen-bond acceptors (Lipinski definition) is 4. The first-order chi connectivity index (χ1) is 15.4. The van der Waals surface area contributed by atoms with Crippen LogP contribution in [0.1, 0.15) is 0 Å². The maximum atomic E-state index is 11.9. The van der Waals surface area contributed by atoms with E-state index < -0.39 is 0 Å². The summed E-state index contributed by atoms with van der Waals surface area (Å²) in [6.07, 6.45) is 3.49. The lowest BCUT2D eigenvalue weighted by molar-refractivity contribution is 0.415. The van der Waals surface area contributed by atoms with Crippen LogP contribution >= 0.6 is 0 Å². The van der Waals surface area contributed by atoms with Crippen LogP contribution in [0.25, 0.3) is 22.3 Å². The molecular weight excluding hydrogens is 404 g/mol. The molecule has 0 aliphatic rings. The van der Waals surface area contributed by atoms with Crippen molar-refractivity contribution in [2.24, 2.45) is 14.1 Å². The van der Waals surface area contributed by atoms with Gasteiger partial charge in [0.25, 0.3) is 11.1 Å². The molecule has 0 saturated heterocycles. The summed E-state index contributed by atoms with van der Waals surface area (Å²) in [5.74, 6) is 1.58. The van der Waals surface area contributed by atoms with E-state index in [-0.39, 0.29) is 11.1 Å². The van der Waals surface area contributed by atoms with Crippen LogP contribution in [0.3, 0.4) is 0 Å². The van der Waals surface area contributed by atoms with Gasteiger partial charge in [-0.05, 0) is 59.7 Å². The largest absolute Gasteiger partial charge is 0.497 e. The van der Waals surface area contributed by atoms with Crippen LogP contribution in [0.2, 0.25) is 0 Å². The zero-order chi connectivity index (χ0) is 23.1. The van der Waals surface area contributed by atoms with Crippen molar-refractivity contribution in [3.05, 3.63) is 106 Å². The second-order valence-corrected chi connectivity index (χ2v) is 7.13. The molecule has 0 aliphatic heterocycles. The molecule has 4 aromatic rings. The van der Waals surface area contributed by atoms with Gasteiger partial charge in [-0.2, -0.15) is 0 Å². The van der Waals surface area contributed by atoms with Crippen molar-refractivity contribution in [1.82, 2.24) is 9.13 Å². The summed E-state index contributed by atoms with van der Waals surface area (Å²) in [5.41, 5.74) is 3.23. The van der Waals surface area contributed by atoms with E-state index in [9.17, 15) is 9.59 Å². The molecule has 0 aliphatic carbocycles. The normalized spacial score (nSPS) is 10.1. The molecule has 0 spiro atoms. The number of pyridine rings is 2. The highest BCUT2D eigenvalue weighted by Crippen LogP contribution is 2.20. The van der Waals surface area contributed by atoms with Crippen LogP contribution in [-0.4, -0.2) is 23.4 Å². The van der Waals surface area contributed by atoms with Crippen molar-refractivity contribution >= 4 is 0 Å². The number of aryl methyl sites for hydroxylation is 2. The summed E-state index contributed by atoms with van der Waals surface area (Å²) in [6, 6.07) is 22.3. The van der Waals surface area contributed by atoms with E-state index in [1.165, 1.54) is 0 Å². The van der Waals surface area contributed by atoms with Gasteiger partial charge >= 0.3 is 0 Å². The lowest BCUT2D eigenvalue weighted by Gasteiger charge is -2.04. The predicted molar refractivity (Wildman–Crippen MR) is 127 cm³/mol. The highest BCUT2D eigenvalue weighted by atomic mass is 16.5. The van der Waals surface area contributed by atoms with Gasteiger partial charge in [0.15, 0.2) is 0 Å². The molecule has 0 saturated carbocycles. The molecule has 0 atom stereocenters. The minimum absolute atomic E-state index is 0.00710. The number of rotatable bonds is 4. The van der Waals surface area contributed by atoms with Crippen LogP contribution in [0, 0.1) is 0 Å². The Morgan fingerprint density at radius 2 is 0.906 bits per heavy atom. The molecule has 164 valence electrons. The Morgan fingerprint density at radius 1 is 0.562 bits per heavy atom. The molecular formula is C26H26N2O4. The van der Waals surface area contributed by atoms with E-state index in [1.807, 2.05) is 72.8 Å². The molecule has 0 amide bonds. The summed E-state index contributed by atoms with van der Waals surface area (Å²) in [5, 5.41) is 0. The molecule has 2 heterocycles. The number of hydrogen-bond donors (Lipinski definition) is 0. The molecule has 32 heavy (non-hydrogen) atoms. The van der Waals surface area contributed by atoms with Gasteiger partial charge in [-0.15, -0.1) is 0 Å². The van der Waals surface area contributed by atoms with Crippen LogP contribution < -0.4 is 20.6 Å². The van der Waals surface area contributed by atoms with Gasteiger partial charge in [0.2, 0.25) is 0 Å². The van der Waals surface area contributed by atoms with Crippen molar-refractivity contribution < 1.29 is 9.47 Å². The molecule has 2 aromatic carbocycles. The maximum Gasteiger partial charge on any atom is 0.258 e. The quantitative estimate of drug-likeness (QED) is 0.489. The van der Waals surface area contributed by atoms with E-state index >= 15 is 0 Å². The van der Waals surface area contributed by atoms with E-state index in [1.54, 1.807) is 49.8 Å². The first kappa shape index (κ1) is 22.6. The second kappa shape index (κ2) is 10.3. The smallest absolute Gasteiger partial charge is 0.258 e. The van der Waals surface area contributed by atoms with Crippen molar-refractivity contribution in [2.75, 3.05) is 14.2 Å². The van der Waals surface area contributed by atoms with Crippen molar-refractivity contribution in [2.45, 2.75) is 0 Å². The molecule has 2 aromatic heterocycles. The van der Waals surface area contributed by atoms with Crippen LogP contribution in [-0.2, 0) is 14.1 Å². The summed E-state index contributed by atoms with van der Waals surface area (Å²) >= 11 is 0. The average Bonchev–Trinajstić information content (AvgIpc) is 2.83. The topological polar surface area (TPSA) is 62.5 Å². The van der Waals surface area contributed by atoms with Gasteiger partial charge in [-0.25, -0.2) is 0 Å². The first-order valence-electron chi connectivity index (χ1n) is 10.0. The van der Waals surface area contributed by atoms with Gasteiger partial charge in [0, 0.05) is 37.6 Å². The highest BCUT2D eigenvalue weighted by molar-refractivity contribution is 5.63. The van der Waals surface area contributed by atoms with Crippen LogP contribution in [0.5, 0.6) is 11.5 Å². The Bertz CT molecular complexity index is 1180. The molecule has 6 nitrogen and oxygen atoms in total. The Kier molecular flexibility index (Phi) is 7.29. The van der Waals surface area contributed by atoms with E-state index in [4.69, 9.17) is 9.47 Å². The minimum atomic E-state index is 0.00710. The van der Waals surface area contributed by atoms with Crippen molar-refractivity contribution in [1.29, 1.82) is 0 Å². The molecule has 0 radical (unpaired) electrons. The molecule has 0 fully saturated rings. The maximum absolute atomic E-state index is 11.9. The van der Waals surface area contributed by atoms with Crippen molar-refractivity contribution in [3.8, 4) is 33.8 Å². The number of methoxy groups -OCH3 is 2. The third kappa shape index (κ3) is 5.16. The summed E-state index contributed by atoms with van der Waals surface area (Å²) in [4.78, 5) is 23.7. The monoisotopic (exact) mass is 430 g/mol. The number of aromatic nitrogens is 2. The number of nitrogens with zero attached hydrogens (tertiary/aromatic N) is 2. The minimum Gasteiger partial charge on any atom is -0.497 e. The van der Waals surface area contributed by atoms with Gasteiger partial charge in [-0.3, -0.25) is 9.59 Å². The Labute approximate surface area is 186 Å². The van der Waals surface area contributed by atoms with Gasteiger partial charge in [0.05, 0.1) is 14.2 Å². The Balaban J connectivity index is 0.000000181. The predicted octanol–water partition coefficient (Wildman–Crippen LogP) is 4.12. The fourth-order valence-corrected chi connectivity index (χ4v) is 3.18. The van der Waals surface area contributed by atoms with Crippen LogP contribution in [0.4, 0.5) is 0 Å². The molecule has 0 N–H and O–H groups in total. The Hall–Kier alpha value is -4.06. The Morgan fingerprint density at radius 3 is 1.22 bits per heavy atom. The van der Waals surface area contributed by atoms with E-state index in [2.05, 4.69) is 0 Å². The van der Waals surface area contributed by atoms with E-state index in [0.29, 0.717) is 11.1 Å². The van der Waals surface area contributed by atoms with Crippen LogP contribution in [0.15, 0.2) is 94.8 Å². The molecule has 6 heteroatoms. The number of benzene rings is 2. The fraction of sp³-hybridized carbons (Fsp3) is 0.154. The standard InChI is InChI=1S/2C13H13NO2/c2*1-14-9-3-4-12(13(14)15)10-5-7-11(16-2)8-6-10/h2*3-9H,1-2H3. The SMILES string of the molecule is COc1ccc(-c2cccn(C)c2=O)cc1.COc1ccc(-c2cccn(C)c2=O)cc1. The lowest BCUT2D eigenvalue weighted by Crippen LogP contribution is -2.17. The summed E-state index contributed by atoms with van der Waals surface area (Å²) in [7, 11) is 6.73. The zero-order valence-electron chi connectivity index (χ0n) is 18.6. The molecule has 0 unspecified atom stereocenters. The summed E-state index contributed by atoms with van der Waals surface area (Å²) in [6.45, 7) is 0. The lowest BCUT2D eigenvalue weighted by atomic mass is 10.1. The zero-order valence-corrected chi connectivity index (χ0v) is 18.6. The fourth-order valence-electron chi connectivity index (χ4n) is 3.18. The molecule has 0 bridgehead atoms. The van der Waals surface area contributed by atoms with Crippen molar-refractivity contribution in [3.63, 3.8) is 0 Å². The first-order valence-corrected chi connectivity index (χ1v) is 10.0. The average molecular weight is 431 g/mol. The second-order valence-electron chi connectivity index (χ2n) is 7.13. The summed E-state index contributed by atoms with van der Waals surface area (Å²) < 4.78 is 13.3. The third-order valence-corrected chi connectivity index (χ3v) is 5.05. The highest BCUT2D eigenvalue weighted by Gasteiger charge is 2.04. The third-order valence-electron chi connectivity index (χ3n) is 5.05. The van der Waals surface area contributed by atoms with Gasteiger partial charge < -0.3 is 18.6 Å². The number of ether oxygens (including phenoxy) is 2. The van der Waals surface area contributed by atoms with Gasteiger partial charge in [0.1, 0.15) is 11.5 Å². The van der Waals surface area contributed by atoms with E-state index in [0.717, 1.165) is 22.6 Å². The molecule has 4 rings (SSSR count).